The highest BCUT2D eigenvalue weighted by Crippen LogP contribution is 2.49. The molecule has 17 heteroatoms. The normalized spacial score (nSPS) is 19.4. The van der Waals surface area contributed by atoms with Crippen LogP contribution in [0.15, 0.2) is 55.0 Å². The number of likely N-dealkylation sites (tertiary alicyclic amines) is 1. The number of pyridine rings is 1. The molecule has 7 heterocycles. The Labute approximate surface area is 322 Å². The lowest BCUT2D eigenvalue weighted by atomic mass is 9.83. The van der Waals surface area contributed by atoms with Gasteiger partial charge < -0.3 is 23.7 Å². The van der Waals surface area contributed by atoms with E-state index in [1.54, 1.807) is 64.7 Å². The Hall–Kier alpha value is -6.31. The summed E-state index contributed by atoms with van der Waals surface area (Å²) < 4.78 is 81.4. The van der Waals surface area contributed by atoms with Crippen molar-refractivity contribution in [2.45, 2.75) is 38.4 Å². The van der Waals surface area contributed by atoms with Crippen LogP contribution in [-0.4, -0.2) is 84.9 Å². The van der Waals surface area contributed by atoms with Crippen molar-refractivity contribution in [2.75, 3.05) is 43.0 Å². The fraction of sp³-hybridized carbons (Fsp3) is 0.350. The molecule has 2 fully saturated rings. The highest BCUT2D eigenvalue weighted by atomic mass is 19.4. The van der Waals surface area contributed by atoms with Gasteiger partial charge in [0.25, 0.3) is 0 Å². The second-order valence-corrected chi connectivity index (χ2v) is 15.1. The number of hydrogen-bond donors (Lipinski definition) is 0. The van der Waals surface area contributed by atoms with E-state index in [9.17, 15) is 28.0 Å². The molecule has 9 rings (SSSR count). The third-order valence-electron chi connectivity index (χ3n) is 12.0. The fourth-order valence-electron chi connectivity index (χ4n) is 9.28. The van der Waals surface area contributed by atoms with E-state index in [1.807, 2.05) is 0 Å². The third-order valence-corrected chi connectivity index (χ3v) is 12.0. The van der Waals surface area contributed by atoms with Crippen LogP contribution in [0.1, 0.15) is 45.8 Å². The molecule has 2 saturated heterocycles. The number of hydrogen-bond acceptors (Lipinski definition) is 8. The van der Waals surface area contributed by atoms with Gasteiger partial charge in [-0.15, -0.1) is 5.10 Å². The molecule has 0 bridgehead atoms. The van der Waals surface area contributed by atoms with Crippen LogP contribution in [0.2, 0.25) is 0 Å². The molecule has 2 aromatic carbocycles. The molecule has 0 saturated carbocycles. The maximum absolute atomic E-state index is 16.1. The summed E-state index contributed by atoms with van der Waals surface area (Å²) >= 11 is 0. The minimum Gasteiger partial charge on any atom is -0.372 e. The summed E-state index contributed by atoms with van der Waals surface area (Å²) in [6, 6.07) is 9.03. The Kier molecular flexibility index (Phi) is 8.38. The van der Waals surface area contributed by atoms with Crippen LogP contribution in [0, 0.1) is 41.7 Å². The number of rotatable bonds is 4. The van der Waals surface area contributed by atoms with E-state index in [2.05, 4.69) is 21.4 Å². The summed E-state index contributed by atoms with van der Waals surface area (Å²) in [7, 11) is 3.39. The summed E-state index contributed by atoms with van der Waals surface area (Å²) in [5.74, 6) is -2.33. The van der Waals surface area contributed by atoms with Crippen molar-refractivity contribution in [3.8, 4) is 17.2 Å². The highest BCUT2D eigenvalue weighted by Gasteiger charge is 2.47. The lowest BCUT2D eigenvalue weighted by molar-refractivity contribution is -0.137. The van der Waals surface area contributed by atoms with E-state index in [0.717, 1.165) is 22.9 Å². The molecule has 4 aromatic heterocycles. The van der Waals surface area contributed by atoms with Crippen LogP contribution in [0.3, 0.4) is 0 Å². The van der Waals surface area contributed by atoms with Gasteiger partial charge in [-0.25, -0.2) is 18.6 Å². The first kappa shape index (κ1) is 36.3. The Bertz CT molecular complexity index is 2650. The number of anilines is 2. The zero-order chi connectivity index (χ0) is 40.1. The summed E-state index contributed by atoms with van der Waals surface area (Å²) in [5, 5.41) is 17.1. The number of piperidine rings is 1. The van der Waals surface area contributed by atoms with Crippen molar-refractivity contribution in [2.24, 2.45) is 18.9 Å². The van der Waals surface area contributed by atoms with Gasteiger partial charge in [0.05, 0.1) is 58.9 Å². The molecular weight excluding hydrogens is 747 g/mol. The van der Waals surface area contributed by atoms with Crippen LogP contribution in [-0.2, 0) is 19.6 Å². The van der Waals surface area contributed by atoms with E-state index in [1.165, 1.54) is 16.8 Å². The van der Waals surface area contributed by atoms with Crippen LogP contribution in [0.5, 0.6) is 0 Å². The maximum Gasteiger partial charge on any atom is 0.417 e. The van der Waals surface area contributed by atoms with E-state index >= 15 is 8.78 Å². The van der Waals surface area contributed by atoms with Crippen molar-refractivity contribution >= 4 is 39.7 Å². The monoisotopic (exact) mass is 782 g/mol. The molecule has 0 radical (unpaired) electrons. The number of carbonyl (C=O) groups excluding carboxylic acids is 2. The standard InChI is InChI=1S/C40H35F5N10O2/c1-21-48-34-31(51(21)3)18-27(40(43,44)45)33-25-5-4-11-53-32(17-22(35(25)53)7-12-50(2)37(33)34)38(56)24-15-28(41)36(29(42)16-24)52-13-8-23-19-54(30(6-9-46)26(23)20-52)39(57)55-14-10-47-49-55/h4-5,10-11,14-18,23,26,30H,6-8,12-13,19-20H2,1-3H3. The number of alkyl halides is 3. The summed E-state index contributed by atoms with van der Waals surface area (Å²) in [4.78, 5) is 37.0. The molecule has 57 heavy (non-hydrogen) atoms. The smallest absolute Gasteiger partial charge is 0.372 e. The number of aryl methyl sites for hydroxylation is 2. The molecule has 3 atom stereocenters. The Morgan fingerprint density at radius 1 is 1.02 bits per heavy atom. The number of carbonyl (C=O) groups is 2. The van der Waals surface area contributed by atoms with Crippen molar-refractivity contribution in [3.63, 3.8) is 0 Å². The fourth-order valence-corrected chi connectivity index (χ4v) is 9.28. The van der Waals surface area contributed by atoms with Gasteiger partial charge in [-0.05, 0) is 61.6 Å². The van der Waals surface area contributed by atoms with Crippen molar-refractivity contribution in [3.05, 3.63) is 94.8 Å². The number of nitriles is 1. The van der Waals surface area contributed by atoms with Crippen molar-refractivity contribution in [1.29, 1.82) is 5.26 Å². The van der Waals surface area contributed by atoms with Crippen LogP contribution >= 0.6 is 0 Å². The number of aromatic nitrogens is 6. The molecule has 3 aliphatic heterocycles. The molecule has 292 valence electrons. The number of nitrogens with zero attached hydrogens (tertiary/aromatic N) is 10. The van der Waals surface area contributed by atoms with Gasteiger partial charge in [-0.2, -0.15) is 23.1 Å². The van der Waals surface area contributed by atoms with Crippen LogP contribution in [0.4, 0.5) is 38.1 Å². The van der Waals surface area contributed by atoms with Crippen molar-refractivity contribution in [1.82, 2.24) is 33.8 Å². The zero-order valence-electron chi connectivity index (χ0n) is 31.1. The third kappa shape index (κ3) is 5.63. The first-order valence-corrected chi connectivity index (χ1v) is 18.5. The number of imidazole rings is 1. The van der Waals surface area contributed by atoms with E-state index in [0.29, 0.717) is 59.6 Å². The van der Waals surface area contributed by atoms with Gasteiger partial charge in [0, 0.05) is 69.1 Å². The predicted octanol–water partition coefficient (Wildman–Crippen LogP) is 6.62. The first-order valence-electron chi connectivity index (χ1n) is 18.5. The van der Waals surface area contributed by atoms with E-state index in [-0.39, 0.29) is 59.4 Å². The number of amides is 1. The molecule has 0 spiro atoms. The molecule has 0 N–H and O–H groups in total. The number of likely N-dealkylation sites (N-methyl/N-ethyl adjacent to an activating group) is 1. The molecule has 6 aromatic rings. The number of benzene rings is 2. The van der Waals surface area contributed by atoms with Gasteiger partial charge >= 0.3 is 12.2 Å². The van der Waals surface area contributed by atoms with E-state index in [4.69, 9.17) is 0 Å². The predicted molar refractivity (Wildman–Crippen MR) is 199 cm³/mol. The lowest BCUT2D eigenvalue weighted by Gasteiger charge is -2.38. The summed E-state index contributed by atoms with van der Waals surface area (Å²) in [6.07, 6.45) is 0.524. The number of fused-ring (bicyclic) bond motifs is 5. The average Bonchev–Trinajstić information content (AvgIpc) is 3.97. The molecular formula is C40H35F5N10O2. The van der Waals surface area contributed by atoms with Crippen LogP contribution in [0.25, 0.3) is 27.7 Å². The molecule has 3 unspecified atom stereocenters. The van der Waals surface area contributed by atoms with Gasteiger partial charge in [-0.1, -0.05) is 11.3 Å². The summed E-state index contributed by atoms with van der Waals surface area (Å²) in [6.45, 7) is 2.85. The number of ketones is 1. The second-order valence-electron chi connectivity index (χ2n) is 15.1. The molecule has 1 amide bonds. The summed E-state index contributed by atoms with van der Waals surface area (Å²) in [5.41, 5.74) is 0.918. The topological polar surface area (TPSA) is 121 Å². The van der Waals surface area contributed by atoms with E-state index < -0.39 is 41.2 Å². The maximum atomic E-state index is 16.1. The quantitative estimate of drug-likeness (QED) is 0.145. The van der Waals surface area contributed by atoms with Gasteiger partial charge in [0.15, 0.2) is 0 Å². The molecule has 0 aliphatic carbocycles. The van der Waals surface area contributed by atoms with Gasteiger partial charge in [-0.3, -0.25) is 4.79 Å². The Balaban J connectivity index is 1.08. The van der Waals surface area contributed by atoms with Gasteiger partial charge in [0.2, 0.25) is 5.78 Å². The highest BCUT2D eigenvalue weighted by molar-refractivity contribution is 6.11. The molecule has 12 nitrogen and oxygen atoms in total. The minimum atomic E-state index is -4.73. The second kappa shape index (κ2) is 13.1. The van der Waals surface area contributed by atoms with Crippen LogP contribution < -0.4 is 9.80 Å². The minimum absolute atomic E-state index is 0.00474. The zero-order valence-corrected chi connectivity index (χ0v) is 31.1. The SMILES string of the molecule is Cc1nc2c3c(c(C(F)(F)F)cc2n1C)-c1cccn2c(C(=O)c4cc(F)c(N5CCC6CN(C(=O)n7ccnn7)C(CC#N)C6C5)c(F)c4)cc(c12)CCN3C. The Morgan fingerprint density at radius 2 is 1.79 bits per heavy atom. The number of halogens is 5. The largest absolute Gasteiger partial charge is 0.417 e. The average molecular weight is 783 g/mol. The lowest BCUT2D eigenvalue weighted by Crippen LogP contribution is -2.45. The first-order chi connectivity index (χ1) is 27.3. The van der Waals surface area contributed by atoms with Gasteiger partial charge in [0.1, 0.15) is 28.7 Å². The van der Waals surface area contributed by atoms with Crippen molar-refractivity contribution < 1.29 is 31.5 Å². The Morgan fingerprint density at radius 3 is 2.49 bits per heavy atom. The molecule has 3 aliphatic rings.